The number of rotatable bonds is 5. The van der Waals surface area contributed by atoms with Crippen LogP contribution in [-0.2, 0) is 11.3 Å². The zero-order valence-corrected chi connectivity index (χ0v) is 11.1. The Morgan fingerprint density at radius 3 is 2.79 bits per heavy atom. The second-order valence-electron chi connectivity index (χ2n) is 4.65. The number of hydrogen-bond donors (Lipinski definition) is 1. The van der Waals surface area contributed by atoms with Crippen LogP contribution in [0.3, 0.4) is 0 Å². The quantitative estimate of drug-likeness (QED) is 0.879. The van der Waals surface area contributed by atoms with Crippen LogP contribution in [0.2, 0.25) is 0 Å². The molecule has 0 atom stereocenters. The van der Waals surface area contributed by atoms with E-state index in [1.807, 2.05) is 4.90 Å². The standard InChI is InChI=1S/C14H19FN2O2/c1-19-12-5-4-11(13(15)8-12)9-16-10-14(18)17-6-2-3-7-17/h4-5,8,16H,2-3,6-7,9-10H2,1H3. The minimum absolute atomic E-state index is 0.0893. The van der Waals surface area contributed by atoms with Crippen molar-refractivity contribution in [1.82, 2.24) is 10.2 Å². The molecule has 1 aliphatic rings. The van der Waals surface area contributed by atoms with Crippen molar-refractivity contribution in [3.63, 3.8) is 0 Å². The van der Waals surface area contributed by atoms with Gasteiger partial charge in [-0.25, -0.2) is 4.39 Å². The van der Waals surface area contributed by atoms with Crippen LogP contribution in [-0.4, -0.2) is 37.6 Å². The topological polar surface area (TPSA) is 41.6 Å². The molecule has 0 aliphatic carbocycles. The highest BCUT2D eigenvalue weighted by atomic mass is 19.1. The maximum atomic E-state index is 13.6. The number of halogens is 1. The Morgan fingerprint density at radius 2 is 2.16 bits per heavy atom. The molecule has 1 aromatic rings. The molecule has 2 rings (SSSR count). The summed E-state index contributed by atoms with van der Waals surface area (Å²) in [7, 11) is 1.50. The van der Waals surface area contributed by atoms with Crippen molar-refractivity contribution < 1.29 is 13.9 Å². The van der Waals surface area contributed by atoms with E-state index in [0.29, 0.717) is 17.9 Å². The Balaban J connectivity index is 1.80. The number of benzene rings is 1. The van der Waals surface area contributed by atoms with Crippen molar-refractivity contribution in [3.8, 4) is 5.75 Å². The van der Waals surface area contributed by atoms with Gasteiger partial charge in [-0.2, -0.15) is 0 Å². The zero-order chi connectivity index (χ0) is 13.7. The summed E-state index contributed by atoms with van der Waals surface area (Å²) < 4.78 is 18.6. The fraction of sp³-hybridized carbons (Fsp3) is 0.500. The van der Waals surface area contributed by atoms with Crippen LogP contribution in [0.4, 0.5) is 4.39 Å². The van der Waals surface area contributed by atoms with Crippen LogP contribution in [0, 0.1) is 5.82 Å². The van der Waals surface area contributed by atoms with Gasteiger partial charge in [-0.05, 0) is 18.9 Å². The van der Waals surface area contributed by atoms with E-state index in [9.17, 15) is 9.18 Å². The van der Waals surface area contributed by atoms with E-state index in [4.69, 9.17) is 4.74 Å². The summed E-state index contributed by atoms with van der Waals surface area (Å²) >= 11 is 0. The summed E-state index contributed by atoms with van der Waals surface area (Å²) in [6, 6.07) is 4.73. The van der Waals surface area contributed by atoms with Gasteiger partial charge in [-0.3, -0.25) is 4.79 Å². The number of ether oxygens (including phenoxy) is 1. The van der Waals surface area contributed by atoms with Gasteiger partial charge in [0.05, 0.1) is 13.7 Å². The first-order valence-electron chi connectivity index (χ1n) is 6.51. The van der Waals surface area contributed by atoms with Gasteiger partial charge < -0.3 is 15.0 Å². The average Bonchev–Trinajstić information content (AvgIpc) is 2.94. The third kappa shape index (κ3) is 3.67. The maximum Gasteiger partial charge on any atom is 0.236 e. The van der Waals surface area contributed by atoms with Crippen molar-refractivity contribution in [2.24, 2.45) is 0 Å². The monoisotopic (exact) mass is 266 g/mol. The van der Waals surface area contributed by atoms with Crippen LogP contribution >= 0.6 is 0 Å². The molecule has 0 saturated carbocycles. The van der Waals surface area contributed by atoms with Crippen LogP contribution in [0.25, 0.3) is 0 Å². The number of nitrogens with one attached hydrogen (secondary N) is 1. The Morgan fingerprint density at radius 1 is 1.42 bits per heavy atom. The summed E-state index contributed by atoms with van der Waals surface area (Å²) in [6.45, 7) is 2.29. The molecular formula is C14H19FN2O2. The van der Waals surface area contributed by atoms with Crippen molar-refractivity contribution in [3.05, 3.63) is 29.6 Å². The first-order chi connectivity index (χ1) is 9.20. The summed E-state index contributed by atoms with van der Waals surface area (Å²) in [5.41, 5.74) is 0.537. The molecule has 104 valence electrons. The number of carbonyl (C=O) groups is 1. The minimum Gasteiger partial charge on any atom is -0.497 e. The fourth-order valence-corrected chi connectivity index (χ4v) is 2.18. The van der Waals surface area contributed by atoms with Crippen molar-refractivity contribution in [2.45, 2.75) is 19.4 Å². The van der Waals surface area contributed by atoms with Gasteiger partial charge in [-0.1, -0.05) is 6.07 Å². The highest BCUT2D eigenvalue weighted by Crippen LogP contribution is 2.16. The van der Waals surface area contributed by atoms with Gasteiger partial charge in [0, 0.05) is 31.3 Å². The Hall–Kier alpha value is -1.62. The molecule has 0 radical (unpaired) electrons. The smallest absolute Gasteiger partial charge is 0.236 e. The summed E-state index contributed by atoms with van der Waals surface area (Å²) in [4.78, 5) is 13.6. The van der Waals surface area contributed by atoms with Crippen molar-refractivity contribution in [2.75, 3.05) is 26.7 Å². The molecule has 5 heteroatoms. The van der Waals surface area contributed by atoms with Crippen molar-refractivity contribution >= 4 is 5.91 Å². The molecule has 1 aromatic carbocycles. The zero-order valence-electron chi connectivity index (χ0n) is 11.1. The SMILES string of the molecule is COc1ccc(CNCC(=O)N2CCCC2)c(F)c1. The molecule has 0 bridgehead atoms. The highest BCUT2D eigenvalue weighted by Gasteiger charge is 2.17. The van der Waals surface area contributed by atoms with Crippen LogP contribution in [0.5, 0.6) is 5.75 Å². The van der Waals surface area contributed by atoms with E-state index in [0.717, 1.165) is 25.9 Å². The number of likely N-dealkylation sites (tertiary alicyclic amines) is 1. The Labute approximate surface area is 112 Å². The average molecular weight is 266 g/mol. The lowest BCUT2D eigenvalue weighted by molar-refractivity contribution is -0.129. The van der Waals surface area contributed by atoms with E-state index in [1.165, 1.54) is 13.2 Å². The summed E-state index contributed by atoms with van der Waals surface area (Å²) in [6.07, 6.45) is 2.16. The number of methoxy groups -OCH3 is 1. The lowest BCUT2D eigenvalue weighted by atomic mass is 10.2. The van der Waals surface area contributed by atoms with E-state index in [1.54, 1.807) is 12.1 Å². The maximum absolute atomic E-state index is 13.6. The van der Waals surface area contributed by atoms with Crippen LogP contribution < -0.4 is 10.1 Å². The molecule has 1 amide bonds. The number of hydrogen-bond acceptors (Lipinski definition) is 3. The first-order valence-corrected chi connectivity index (χ1v) is 6.51. The van der Waals surface area contributed by atoms with E-state index >= 15 is 0 Å². The fourth-order valence-electron chi connectivity index (χ4n) is 2.18. The third-order valence-corrected chi connectivity index (χ3v) is 3.31. The molecule has 19 heavy (non-hydrogen) atoms. The Kier molecular flexibility index (Phi) is 4.74. The summed E-state index contributed by atoms with van der Waals surface area (Å²) in [5, 5.41) is 2.98. The lowest BCUT2D eigenvalue weighted by Gasteiger charge is -2.15. The van der Waals surface area contributed by atoms with Gasteiger partial charge in [0.25, 0.3) is 0 Å². The normalized spacial score (nSPS) is 14.7. The second kappa shape index (κ2) is 6.52. The van der Waals surface area contributed by atoms with Gasteiger partial charge in [0.1, 0.15) is 11.6 Å². The van der Waals surface area contributed by atoms with E-state index in [-0.39, 0.29) is 18.3 Å². The van der Waals surface area contributed by atoms with Gasteiger partial charge in [0.2, 0.25) is 5.91 Å². The molecule has 1 aliphatic heterocycles. The molecule has 0 spiro atoms. The van der Waals surface area contributed by atoms with E-state index in [2.05, 4.69) is 5.32 Å². The van der Waals surface area contributed by atoms with Crippen LogP contribution in [0.1, 0.15) is 18.4 Å². The molecule has 1 heterocycles. The minimum atomic E-state index is -0.319. The molecule has 4 nitrogen and oxygen atoms in total. The largest absolute Gasteiger partial charge is 0.497 e. The molecule has 1 saturated heterocycles. The van der Waals surface area contributed by atoms with Gasteiger partial charge in [-0.15, -0.1) is 0 Å². The third-order valence-electron chi connectivity index (χ3n) is 3.31. The predicted octanol–water partition coefficient (Wildman–Crippen LogP) is 1.55. The van der Waals surface area contributed by atoms with Crippen LogP contribution in [0.15, 0.2) is 18.2 Å². The second-order valence-corrected chi connectivity index (χ2v) is 4.65. The summed E-state index contributed by atoms with van der Waals surface area (Å²) in [5.74, 6) is 0.265. The van der Waals surface area contributed by atoms with Crippen molar-refractivity contribution in [1.29, 1.82) is 0 Å². The van der Waals surface area contributed by atoms with Gasteiger partial charge in [0.15, 0.2) is 0 Å². The lowest BCUT2D eigenvalue weighted by Crippen LogP contribution is -2.36. The first kappa shape index (κ1) is 13.8. The predicted molar refractivity (Wildman–Crippen MR) is 70.5 cm³/mol. The molecule has 1 N–H and O–H groups in total. The molecule has 0 unspecified atom stereocenters. The number of carbonyl (C=O) groups excluding carboxylic acids is 1. The number of nitrogens with zero attached hydrogens (tertiary/aromatic N) is 1. The van der Waals surface area contributed by atoms with Gasteiger partial charge >= 0.3 is 0 Å². The molecule has 1 fully saturated rings. The van der Waals surface area contributed by atoms with E-state index < -0.39 is 0 Å². The molecule has 0 aromatic heterocycles. The number of amides is 1. The Bertz CT molecular complexity index is 445. The molecular weight excluding hydrogens is 247 g/mol. The highest BCUT2D eigenvalue weighted by molar-refractivity contribution is 5.78.